The number of benzene rings is 4. The molecule has 0 bridgehead atoms. The molecule has 0 aliphatic carbocycles. The van der Waals surface area contributed by atoms with Crippen LogP contribution in [0, 0.1) is 26.5 Å². The summed E-state index contributed by atoms with van der Waals surface area (Å²) < 4.78 is 27.0. The Morgan fingerprint density at radius 3 is 1.29 bits per heavy atom. The average molecular weight is 667 g/mol. The summed E-state index contributed by atoms with van der Waals surface area (Å²) in [6.45, 7) is 4.51. The Bertz CT molecular complexity index is 1540. The van der Waals surface area contributed by atoms with Gasteiger partial charge in [-0.2, -0.15) is 12.1 Å². The minimum absolute atomic E-state index is 0. The maximum atomic E-state index is 13.5. The summed E-state index contributed by atoms with van der Waals surface area (Å²) in [4.78, 5) is 0. The largest absolute Gasteiger partial charge is 4.00 e. The van der Waals surface area contributed by atoms with Crippen LogP contribution in [0.1, 0.15) is 25.0 Å². The van der Waals surface area contributed by atoms with Gasteiger partial charge < -0.3 is 14.9 Å². The Morgan fingerprint density at radius 1 is 0.553 bits per heavy atom. The van der Waals surface area contributed by atoms with Crippen molar-refractivity contribution in [1.82, 2.24) is 0 Å². The van der Waals surface area contributed by atoms with Gasteiger partial charge in [0.25, 0.3) is 0 Å². The topological polar surface area (TPSA) is 0 Å². The summed E-state index contributed by atoms with van der Waals surface area (Å²) in [5.74, 6) is -0.456. The van der Waals surface area contributed by atoms with Crippen molar-refractivity contribution in [2.45, 2.75) is 19.3 Å². The first-order chi connectivity index (χ1) is 16.9. The van der Waals surface area contributed by atoms with Crippen LogP contribution in [0.4, 0.5) is 8.78 Å². The summed E-state index contributed by atoms with van der Waals surface area (Å²) in [6.07, 6.45) is 0. The Morgan fingerprint density at radius 2 is 0.921 bits per heavy atom. The summed E-state index contributed by atoms with van der Waals surface area (Å²) in [7, 11) is 0. The van der Waals surface area contributed by atoms with Gasteiger partial charge in [0.15, 0.2) is 0 Å². The van der Waals surface area contributed by atoms with Gasteiger partial charge in [0.2, 0.25) is 0 Å². The molecule has 0 fully saturated rings. The summed E-state index contributed by atoms with van der Waals surface area (Å²) >= 11 is 0. The van der Waals surface area contributed by atoms with E-state index in [2.05, 4.69) is 74.5 Å². The van der Waals surface area contributed by atoms with Gasteiger partial charge in [-0.25, -0.2) is 8.78 Å². The van der Waals surface area contributed by atoms with Crippen LogP contribution in [-0.2, 0) is 31.3 Å². The molecule has 0 saturated carbocycles. The molecule has 0 N–H and O–H groups in total. The monoisotopic (exact) mass is 668 g/mol. The minimum atomic E-state index is -0.228. The second-order valence-corrected chi connectivity index (χ2v) is 9.74. The fourth-order valence-electron chi connectivity index (χ4n) is 5.12. The zero-order valence-corrected chi connectivity index (χ0v) is 25.7. The van der Waals surface area contributed by atoms with Crippen LogP contribution in [0.3, 0.4) is 0 Å². The molecule has 38 heavy (non-hydrogen) atoms. The molecule has 0 spiro atoms. The van der Waals surface area contributed by atoms with Crippen molar-refractivity contribution in [2.75, 3.05) is 0 Å². The number of rotatable bonds is 4. The van der Waals surface area contributed by atoms with Crippen molar-refractivity contribution in [1.29, 1.82) is 0 Å². The Hall–Kier alpha value is -3.17. The first kappa shape index (κ1) is 29.4. The van der Waals surface area contributed by atoms with E-state index in [0.717, 1.165) is 22.3 Å². The van der Waals surface area contributed by atoms with Gasteiger partial charge in [0.05, 0.1) is 0 Å². The molecule has 0 radical (unpaired) electrons. The first-order valence-corrected chi connectivity index (χ1v) is 11.8. The molecule has 0 aliphatic heterocycles. The van der Waals surface area contributed by atoms with E-state index in [4.69, 9.17) is 0 Å². The molecule has 6 aromatic carbocycles. The quantitative estimate of drug-likeness (QED) is 0.130. The van der Waals surface area contributed by atoms with Crippen LogP contribution in [0.2, 0.25) is 0 Å². The van der Waals surface area contributed by atoms with E-state index >= 15 is 0 Å². The Balaban J connectivity index is 0.00000133. The standard InChI is InChI=1S/C33H24F2.2CH3.Hf/c1-33(2,25-17-23-5-3-7-29(31(23)19-25)21-9-13-27(34)14-10-21)26-18-24-6-4-8-30(32(24)20-26)22-11-15-28(35)16-12-22;;;/h3-20H,1-2H3;2*1H3;/q-2;2*-1;+4. The molecule has 6 rings (SSSR count). The molecule has 0 amide bonds. The second kappa shape index (κ2) is 11.3. The first-order valence-electron chi connectivity index (χ1n) is 11.8. The van der Waals surface area contributed by atoms with Crippen LogP contribution < -0.4 is 0 Å². The fourth-order valence-corrected chi connectivity index (χ4v) is 5.12. The average Bonchev–Trinajstić information content (AvgIpc) is 3.50. The minimum Gasteiger partial charge on any atom is -0.358 e. The van der Waals surface area contributed by atoms with Gasteiger partial charge in [-0.1, -0.05) is 61.4 Å². The maximum absolute atomic E-state index is 13.5. The molecule has 0 heterocycles. The molecule has 3 heteroatoms. The van der Waals surface area contributed by atoms with Crippen LogP contribution in [0.5, 0.6) is 0 Å². The van der Waals surface area contributed by atoms with Gasteiger partial charge in [-0.15, -0.1) is 69.1 Å². The van der Waals surface area contributed by atoms with Gasteiger partial charge >= 0.3 is 25.8 Å². The smallest absolute Gasteiger partial charge is 0.358 e. The van der Waals surface area contributed by atoms with Crippen molar-refractivity contribution >= 4 is 21.5 Å². The molecule has 0 unspecified atom stereocenters. The number of hydrogen-bond acceptors (Lipinski definition) is 0. The molecule has 188 valence electrons. The summed E-state index contributed by atoms with van der Waals surface area (Å²) in [6, 6.07) is 35.0. The molecular weight excluding hydrogens is 637 g/mol. The van der Waals surface area contributed by atoms with Gasteiger partial charge in [0, 0.05) is 0 Å². The molecule has 6 aromatic rings. The van der Waals surface area contributed by atoms with Crippen LogP contribution >= 0.6 is 0 Å². The van der Waals surface area contributed by atoms with Crippen LogP contribution in [-0.4, -0.2) is 0 Å². The number of hydrogen-bond donors (Lipinski definition) is 0. The zero-order chi connectivity index (χ0) is 24.2. The van der Waals surface area contributed by atoms with E-state index in [1.165, 1.54) is 56.9 Å². The maximum Gasteiger partial charge on any atom is 4.00 e. The number of halogens is 2. The molecule has 0 atom stereocenters. The summed E-state index contributed by atoms with van der Waals surface area (Å²) in [5.41, 5.74) is 6.48. The van der Waals surface area contributed by atoms with Crippen molar-refractivity contribution in [3.63, 3.8) is 0 Å². The van der Waals surface area contributed by atoms with Gasteiger partial charge in [-0.3, -0.25) is 0 Å². The van der Waals surface area contributed by atoms with Crippen molar-refractivity contribution < 1.29 is 34.6 Å². The Labute approximate surface area is 243 Å². The fraction of sp³-hybridized carbons (Fsp3) is 0.0857. The predicted molar refractivity (Wildman–Crippen MR) is 155 cm³/mol. The van der Waals surface area contributed by atoms with Gasteiger partial charge in [0.1, 0.15) is 11.6 Å². The van der Waals surface area contributed by atoms with Crippen LogP contribution in [0.15, 0.2) is 109 Å². The van der Waals surface area contributed by atoms with Crippen molar-refractivity contribution in [3.8, 4) is 22.3 Å². The molecule has 0 aromatic heterocycles. The zero-order valence-electron chi connectivity index (χ0n) is 22.1. The van der Waals surface area contributed by atoms with E-state index in [-0.39, 0.29) is 57.7 Å². The predicted octanol–water partition coefficient (Wildman–Crippen LogP) is 10.3. The summed E-state index contributed by atoms with van der Waals surface area (Å²) in [5, 5.41) is 4.70. The molecular formula is C35H30F2Hf. The van der Waals surface area contributed by atoms with E-state index in [1.54, 1.807) is 0 Å². The molecule has 0 aliphatic rings. The number of fused-ring (bicyclic) bond motifs is 2. The van der Waals surface area contributed by atoms with Crippen molar-refractivity contribution in [2.24, 2.45) is 0 Å². The molecule has 0 nitrogen and oxygen atoms in total. The van der Waals surface area contributed by atoms with E-state index < -0.39 is 0 Å². The SMILES string of the molecule is CC(C)(c1cc2c(-c3ccc(F)cc3)cccc2[cH-]1)c1cc2c(-c3ccc(F)cc3)cccc2[cH-]1.[CH3-].[CH3-].[Hf+4]. The Kier molecular flexibility index (Phi) is 8.73. The van der Waals surface area contributed by atoms with Crippen LogP contribution in [0.25, 0.3) is 43.8 Å². The van der Waals surface area contributed by atoms with E-state index in [9.17, 15) is 8.78 Å². The van der Waals surface area contributed by atoms with E-state index in [0.29, 0.717) is 0 Å². The third-order valence-electron chi connectivity index (χ3n) is 7.26. The normalized spacial score (nSPS) is 11.1. The van der Waals surface area contributed by atoms with E-state index in [1.807, 2.05) is 24.3 Å². The van der Waals surface area contributed by atoms with Gasteiger partial charge in [-0.05, 0) is 40.8 Å². The third-order valence-corrected chi connectivity index (χ3v) is 7.26. The second-order valence-electron chi connectivity index (χ2n) is 9.74. The van der Waals surface area contributed by atoms with Crippen molar-refractivity contribution in [3.05, 3.63) is 147 Å². The molecule has 0 saturated heterocycles. The third kappa shape index (κ3) is 5.09.